The van der Waals surface area contributed by atoms with E-state index in [2.05, 4.69) is 15.6 Å². The minimum absolute atomic E-state index is 0.0853. The molecule has 10 nitrogen and oxygen atoms in total. The molecule has 1 aliphatic heterocycles. The molecule has 0 saturated carbocycles. The fourth-order valence-corrected chi connectivity index (χ4v) is 4.11. The molecule has 1 aliphatic rings. The zero-order valence-electron chi connectivity index (χ0n) is 20.9. The lowest BCUT2D eigenvalue weighted by Crippen LogP contribution is -2.52. The Morgan fingerprint density at radius 2 is 1.74 bits per heavy atom. The summed E-state index contributed by atoms with van der Waals surface area (Å²) in [7, 11) is 1.46. The van der Waals surface area contributed by atoms with Crippen molar-refractivity contribution in [3.63, 3.8) is 0 Å². The van der Waals surface area contributed by atoms with E-state index in [4.69, 9.17) is 0 Å². The first-order chi connectivity index (χ1) is 18.5. The van der Waals surface area contributed by atoms with Crippen LogP contribution in [0.15, 0.2) is 71.7 Å². The maximum Gasteiger partial charge on any atom is 0.272 e. The number of carbonyl (C=O) groups excluding carboxylic acids is 3. The van der Waals surface area contributed by atoms with Gasteiger partial charge in [-0.3, -0.25) is 24.5 Å². The van der Waals surface area contributed by atoms with Crippen LogP contribution < -0.4 is 15.5 Å². The lowest BCUT2D eigenvalue weighted by molar-refractivity contribution is -0.384. The van der Waals surface area contributed by atoms with Crippen LogP contribution in [0.25, 0.3) is 0 Å². The summed E-state index contributed by atoms with van der Waals surface area (Å²) in [5, 5.41) is 16.4. The van der Waals surface area contributed by atoms with Crippen molar-refractivity contribution in [3.8, 4) is 0 Å². The van der Waals surface area contributed by atoms with Crippen molar-refractivity contribution < 1.29 is 28.1 Å². The number of halogens is 2. The van der Waals surface area contributed by atoms with Crippen molar-refractivity contribution in [1.29, 1.82) is 0 Å². The second kappa shape index (κ2) is 11.2. The number of hydrogen-bond donors (Lipinski definition) is 2. The molecule has 0 spiro atoms. The summed E-state index contributed by atoms with van der Waals surface area (Å²) in [6.45, 7) is 1.38. The van der Waals surface area contributed by atoms with Crippen LogP contribution in [-0.2, 0) is 20.8 Å². The summed E-state index contributed by atoms with van der Waals surface area (Å²) in [6, 6.07) is 14.3. The van der Waals surface area contributed by atoms with Crippen molar-refractivity contribution in [2.24, 2.45) is 4.99 Å². The minimum atomic E-state index is -1.42. The molecule has 200 valence electrons. The highest BCUT2D eigenvalue weighted by Crippen LogP contribution is 2.30. The van der Waals surface area contributed by atoms with E-state index in [9.17, 15) is 33.3 Å². The largest absolute Gasteiger partial charge is 0.344 e. The molecule has 3 amide bonds. The molecule has 0 unspecified atom stereocenters. The van der Waals surface area contributed by atoms with Gasteiger partial charge in [0, 0.05) is 36.4 Å². The third-order valence-corrected chi connectivity index (χ3v) is 6.01. The Kier molecular flexibility index (Phi) is 7.75. The average molecular weight is 536 g/mol. The number of likely N-dealkylation sites (N-methyl/N-ethyl adjacent to an activating group) is 1. The first-order valence-corrected chi connectivity index (χ1v) is 11.8. The quantitative estimate of drug-likeness (QED) is 0.355. The minimum Gasteiger partial charge on any atom is -0.344 e. The maximum atomic E-state index is 13.4. The normalized spacial score (nSPS) is 15.5. The fourth-order valence-electron chi connectivity index (χ4n) is 4.11. The van der Waals surface area contributed by atoms with Gasteiger partial charge in [-0.15, -0.1) is 0 Å². The number of nitrogens with zero attached hydrogens (tertiary/aromatic N) is 3. The number of benzene rings is 3. The molecular formula is C27H23F2N5O5. The number of nitro benzene ring substituents is 1. The van der Waals surface area contributed by atoms with Crippen LogP contribution in [0.5, 0.6) is 0 Å². The second-order valence-electron chi connectivity index (χ2n) is 8.85. The molecule has 0 bridgehead atoms. The summed E-state index contributed by atoms with van der Waals surface area (Å²) < 4.78 is 26.9. The van der Waals surface area contributed by atoms with Gasteiger partial charge in [0.1, 0.15) is 17.7 Å². The molecule has 3 aromatic rings. The first-order valence-electron chi connectivity index (χ1n) is 11.8. The summed E-state index contributed by atoms with van der Waals surface area (Å²) in [6.07, 6.45) is -1.79. The Bertz CT molecular complexity index is 1470. The van der Waals surface area contributed by atoms with Gasteiger partial charge >= 0.3 is 0 Å². The number of nitro groups is 1. The molecule has 0 aliphatic carbocycles. The molecule has 0 saturated heterocycles. The van der Waals surface area contributed by atoms with Crippen LogP contribution in [0.4, 0.5) is 20.2 Å². The summed E-state index contributed by atoms with van der Waals surface area (Å²) in [5.41, 5.74) is 1.38. The molecule has 0 aromatic heterocycles. The lowest BCUT2D eigenvalue weighted by atomic mass is 9.99. The van der Waals surface area contributed by atoms with Gasteiger partial charge in [0.15, 0.2) is 0 Å². The zero-order chi connectivity index (χ0) is 28.3. The molecule has 12 heteroatoms. The predicted molar refractivity (Wildman–Crippen MR) is 138 cm³/mol. The topological polar surface area (TPSA) is 134 Å². The van der Waals surface area contributed by atoms with Gasteiger partial charge in [0.05, 0.1) is 22.7 Å². The molecule has 3 aromatic carbocycles. The summed E-state index contributed by atoms with van der Waals surface area (Å²) in [5.74, 6) is -3.69. The number of hydrogen-bond acceptors (Lipinski definition) is 6. The SMILES string of the molecule is C[C@H](NC(=O)Cc1cc(F)cc(F)c1)C(=O)N[C@H]1N=C(c2ccccc2)c2cc([N+](=O)[O-])ccc2N(C)C1=O. The Morgan fingerprint density at radius 1 is 1.08 bits per heavy atom. The smallest absolute Gasteiger partial charge is 0.272 e. The van der Waals surface area contributed by atoms with E-state index in [1.54, 1.807) is 30.3 Å². The zero-order valence-corrected chi connectivity index (χ0v) is 20.9. The number of fused-ring (bicyclic) bond motifs is 1. The number of non-ortho nitro benzene ring substituents is 1. The van der Waals surface area contributed by atoms with Crippen LogP contribution in [0.2, 0.25) is 0 Å². The number of anilines is 1. The van der Waals surface area contributed by atoms with E-state index >= 15 is 0 Å². The highest BCUT2D eigenvalue weighted by molar-refractivity contribution is 6.20. The fraction of sp³-hybridized carbons (Fsp3) is 0.185. The predicted octanol–water partition coefficient (Wildman–Crippen LogP) is 2.88. The molecular weight excluding hydrogens is 512 g/mol. The third-order valence-electron chi connectivity index (χ3n) is 6.01. The standard InChI is InChI=1S/C27H23F2N5O5/c1-15(30-23(35)12-16-10-18(28)13-19(29)11-16)26(36)32-25-27(37)33(2)22-9-8-20(34(38)39)14-21(22)24(31-25)17-6-4-3-5-7-17/h3-11,13-15,25H,12H2,1-2H3,(H,30,35)(H,32,36)/t15-,25+/m0/s1. The van der Waals surface area contributed by atoms with Crippen molar-refractivity contribution in [2.75, 3.05) is 11.9 Å². The van der Waals surface area contributed by atoms with Crippen LogP contribution in [0.3, 0.4) is 0 Å². The van der Waals surface area contributed by atoms with Crippen LogP contribution in [0, 0.1) is 21.7 Å². The van der Waals surface area contributed by atoms with Gasteiger partial charge in [-0.25, -0.2) is 13.8 Å². The van der Waals surface area contributed by atoms with Gasteiger partial charge in [0.25, 0.3) is 11.6 Å². The van der Waals surface area contributed by atoms with Gasteiger partial charge < -0.3 is 15.5 Å². The summed E-state index contributed by atoms with van der Waals surface area (Å²) >= 11 is 0. The molecule has 1 heterocycles. The van der Waals surface area contributed by atoms with Crippen LogP contribution in [-0.4, -0.2) is 47.6 Å². The molecule has 39 heavy (non-hydrogen) atoms. The van der Waals surface area contributed by atoms with Gasteiger partial charge in [-0.05, 0) is 30.7 Å². The van der Waals surface area contributed by atoms with Crippen LogP contribution in [0.1, 0.15) is 23.6 Å². The number of aliphatic imine (C=N–C) groups is 1. The van der Waals surface area contributed by atoms with Crippen molar-refractivity contribution >= 4 is 34.8 Å². The first kappa shape index (κ1) is 27.0. The number of nitrogens with one attached hydrogen (secondary N) is 2. The van der Waals surface area contributed by atoms with Crippen LogP contribution >= 0.6 is 0 Å². The van der Waals surface area contributed by atoms with E-state index in [1.807, 2.05) is 0 Å². The average Bonchev–Trinajstić information content (AvgIpc) is 2.98. The van der Waals surface area contributed by atoms with Gasteiger partial charge in [-0.1, -0.05) is 30.3 Å². The Hall–Kier alpha value is -5.00. The molecule has 4 rings (SSSR count). The number of carbonyl (C=O) groups is 3. The Balaban J connectivity index is 1.59. The van der Waals surface area contributed by atoms with E-state index in [0.29, 0.717) is 22.9 Å². The highest BCUT2D eigenvalue weighted by Gasteiger charge is 2.33. The Morgan fingerprint density at radius 3 is 2.38 bits per heavy atom. The summed E-state index contributed by atoms with van der Waals surface area (Å²) in [4.78, 5) is 55.3. The molecule has 2 atom stereocenters. The lowest BCUT2D eigenvalue weighted by Gasteiger charge is -2.22. The van der Waals surface area contributed by atoms with Gasteiger partial charge in [0.2, 0.25) is 18.0 Å². The molecule has 0 radical (unpaired) electrons. The highest BCUT2D eigenvalue weighted by atomic mass is 19.1. The van der Waals surface area contributed by atoms with E-state index in [0.717, 1.165) is 12.1 Å². The van der Waals surface area contributed by atoms with E-state index in [1.165, 1.54) is 37.1 Å². The van der Waals surface area contributed by atoms with Crippen molar-refractivity contribution in [2.45, 2.75) is 25.6 Å². The second-order valence-corrected chi connectivity index (χ2v) is 8.85. The number of benzodiazepines with no additional fused rings is 1. The third kappa shape index (κ3) is 6.12. The van der Waals surface area contributed by atoms with E-state index < -0.39 is 46.5 Å². The molecule has 0 fully saturated rings. The monoisotopic (exact) mass is 535 g/mol. The van der Waals surface area contributed by atoms with Crippen molar-refractivity contribution in [1.82, 2.24) is 10.6 Å². The maximum absolute atomic E-state index is 13.4. The number of amides is 3. The van der Waals surface area contributed by atoms with Crippen molar-refractivity contribution in [3.05, 3.63) is 105 Å². The number of rotatable bonds is 7. The molecule has 2 N–H and O–H groups in total. The Labute approximate surface area is 221 Å². The van der Waals surface area contributed by atoms with E-state index in [-0.39, 0.29) is 23.4 Å². The van der Waals surface area contributed by atoms with Gasteiger partial charge in [-0.2, -0.15) is 0 Å².